The van der Waals surface area contributed by atoms with E-state index in [1.807, 2.05) is 11.8 Å². The van der Waals surface area contributed by atoms with Crippen LogP contribution in [0, 0.1) is 6.92 Å². The van der Waals surface area contributed by atoms with Gasteiger partial charge >= 0.3 is 0 Å². The van der Waals surface area contributed by atoms with Gasteiger partial charge in [0.25, 0.3) is 0 Å². The summed E-state index contributed by atoms with van der Waals surface area (Å²) in [7, 11) is 0. The largest absolute Gasteiger partial charge is 0.507 e. The lowest BCUT2D eigenvalue weighted by atomic mass is 9.77. The Hall–Kier alpha value is -0.630. The molecule has 1 N–H and O–H groups in total. The van der Waals surface area contributed by atoms with Gasteiger partial charge in [-0.15, -0.1) is 11.8 Å². The Labute approximate surface area is 135 Å². The molecule has 0 aromatic heterocycles. The lowest BCUT2D eigenvalue weighted by Gasteiger charge is -2.30. The smallest absolute Gasteiger partial charge is 0.123 e. The van der Waals surface area contributed by atoms with E-state index in [0.717, 1.165) is 16.9 Å². The maximum absolute atomic E-state index is 10.8. The topological polar surface area (TPSA) is 20.2 Å². The Bertz CT molecular complexity index is 490. The minimum atomic E-state index is -0.0461. The van der Waals surface area contributed by atoms with Crippen LogP contribution in [0.3, 0.4) is 0 Å². The molecular formula is C19H32OS. The van der Waals surface area contributed by atoms with Crippen LogP contribution in [-0.2, 0) is 10.8 Å². The fraction of sp³-hybridized carbons (Fsp3) is 0.684. The number of rotatable bonds is 4. The Morgan fingerprint density at radius 1 is 1.05 bits per heavy atom. The predicted octanol–water partition coefficient (Wildman–Crippen LogP) is 6.19. The number of hydrogen-bond donors (Lipinski definition) is 1. The summed E-state index contributed by atoms with van der Waals surface area (Å²) in [5.41, 5.74) is 3.33. The Morgan fingerprint density at radius 3 is 2.05 bits per heavy atom. The highest BCUT2D eigenvalue weighted by Gasteiger charge is 2.28. The van der Waals surface area contributed by atoms with Gasteiger partial charge in [-0.3, -0.25) is 0 Å². The van der Waals surface area contributed by atoms with E-state index in [1.54, 1.807) is 0 Å². The molecule has 0 amide bonds. The molecule has 0 aliphatic heterocycles. The van der Waals surface area contributed by atoms with Gasteiger partial charge in [0.2, 0.25) is 0 Å². The molecule has 0 heterocycles. The van der Waals surface area contributed by atoms with Crippen molar-refractivity contribution in [3.05, 3.63) is 22.8 Å². The minimum absolute atomic E-state index is 0.0438. The first-order valence-electron chi connectivity index (χ1n) is 8.00. The van der Waals surface area contributed by atoms with Crippen molar-refractivity contribution in [3.63, 3.8) is 0 Å². The fourth-order valence-corrected chi connectivity index (χ4v) is 3.88. The average Bonchev–Trinajstić information content (AvgIpc) is 2.28. The zero-order chi connectivity index (χ0) is 16.4. The van der Waals surface area contributed by atoms with Gasteiger partial charge in [0.1, 0.15) is 5.75 Å². The van der Waals surface area contributed by atoms with Crippen molar-refractivity contribution < 1.29 is 5.11 Å². The first-order valence-corrected chi connectivity index (χ1v) is 8.99. The first-order chi connectivity index (χ1) is 9.50. The zero-order valence-electron chi connectivity index (χ0n) is 15.1. The molecular weight excluding hydrogens is 276 g/mol. The molecule has 1 aromatic carbocycles. The molecule has 0 bridgehead atoms. The van der Waals surface area contributed by atoms with Crippen molar-refractivity contribution in [1.29, 1.82) is 0 Å². The van der Waals surface area contributed by atoms with Crippen LogP contribution in [0.2, 0.25) is 0 Å². The van der Waals surface area contributed by atoms with Crippen molar-refractivity contribution in [2.24, 2.45) is 0 Å². The summed E-state index contributed by atoms with van der Waals surface area (Å²) in [5, 5.41) is 10.8. The van der Waals surface area contributed by atoms with Crippen molar-refractivity contribution >= 4 is 11.8 Å². The Kier molecular flexibility index (Phi) is 5.83. The van der Waals surface area contributed by atoms with Gasteiger partial charge in [0.05, 0.1) is 0 Å². The molecule has 0 atom stereocenters. The third-order valence-electron chi connectivity index (χ3n) is 3.83. The van der Waals surface area contributed by atoms with E-state index >= 15 is 0 Å². The van der Waals surface area contributed by atoms with Crippen LogP contribution in [0.1, 0.15) is 78.0 Å². The molecule has 0 unspecified atom stereocenters. The summed E-state index contributed by atoms with van der Waals surface area (Å²) < 4.78 is 0. The van der Waals surface area contributed by atoms with Gasteiger partial charge in [0.15, 0.2) is 0 Å². The highest BCUT2D eigenvalue weighted by molar-refractivity contribution is 7.99. The second-order valence-corrected chi connectivity index (χ2v) is 9.11. The third-order valence-corrected chi connectivity index (χ3v) is 5.05. The summed E-state index contributed by atoms with van der Waals surface area (Å²) in [4.78, 5) is 1.33. The van der Waals surface area contributed by atoms with Crippen molar-refractivity contribution in [1.82, 2.24) is 0 Å². The lowest BCUT2D eigenvalue weighted by Crippen LogP contribution is -2.19. The first kappa shape index (κ1) is 18.4. The quantitative estimate of drug-likeness (QED) is 0.529. The highest BCUT2D eigenvalue weighted by atomic mass is 32.2. The molecule has 0 aliphatic rings. The van der Waals surface area contributed by atoms with Crippen molar-refractivity contribution in [2.75, 3.05) is 5.75 Å². The molecule has 0 aliphatic carbocycles. The van der Waals surface area contributed by atoms with E-state index < -0.39 is 0 Å². The fourth-order valence-electron chi connectivity index (χ4n) is 2.71. The molecule has 21 heavy (non-hydrogen) atoms. The van der Waals surface area contributed by atoms with Crippen LogP contribution in [0.25, 0.3) is 0 Å². The Morgan fingerprint density at radius 2 is 1.62 bits per heavy atom. The van der Waals surface area contributed by atoms with E-state index in [9.17, 15) is 5.11 Å². The molecule has 0 saturated heterocycles. The van der Waals surface area contributed by atoms with E-state index in [-0.39, 0.29) is 10.8 Å². The van der Waals surface area contributed by atoms with Crippen molar-refractivity contribution in [2.45, 2.75) is 84.0 Å². The zero-order valence-corrected chi connectivity index (χ0v) is 15.9. The minimum Gasteiger partial charge on any atom is -0.507 e. The van der Waals surface area contributed by atoms with Gasteiger partial charge in [-0.05, 0) is 41.6 Å². The van der Waals surface area contributed by atoms with Crippen LogP contribution in [0.4, 0.5) is 0 Å². The monoisotopic (exact) mass is 308 g/mol. The molecule has 0 radical (unpaired) electrons. The molecule has 1 rings (SSSR count). The number of benzene rings is 1. The second kappa shape index (κ2) is 6.64. The van der Waals surface area contributed by atoms with Crippen LogP contribution in [0.15, 0.2) is 11.0 Å². The summed E-state index contributed by atoms with van der Waals surface area (Å²) >= 11 is 1.93. The number of thioether (sulfide) groups is 1. The highest BCUT2D eigenvalue weighted by Crippen LogP contribution is 2.44. The van der Waals surface area contributed by atoms with Gasteiger partial charge < -0.3 is 5.11 Å². The standard InChI is InChI=1S/C19H32OS/c1-9-10-11-21-15-12-14(18(3,4)5)17(20)16(13(15)2)19(6,7)8/h12,20H,9-11H2,1-8H3. The molecule has 120 valence electrons. The second-order valence-electron chi connectivity index (χ2n) is 7.97. The average molecular weight is 309 g/mol. The Balaban J connectivity index is 3.46. The van der Waals surface area contributed by atoms with Crippen LogP contribution in [-0.4, -0.2) is 10.9 Å². The number of hydrogen-bond acceptors (Lipinski definition) is 2. The third kappa shape index (κ3) is 4.42. The maximum atomic E-state index is 10.8. The predicted molar refractivity (Wildman–Crippen MR) is 95.9 cm³/mol. The molecule has 1 nitrogen and oxygen atoms in total. The van der Waals surface area contributed by atoms with E-state index in [1.165, 1.54) is 23.3 Å². The number of phenolic OH excluding ortho intramolecular Hbond substituents is 1. The SMILES string of the molecule is CCCCSc1cc(C(C)(C)C)c(O)c(C(C)(C)C)c1C. The van der Waals surface area contributed by atoms with Crippen LogP contribution in [0.5, 0.6) is 5.75 Å². The molecule has 0 spiro atoms. The van der Waals surface area contributed by atoms with Gasteiger partial charge in [-0.25, -0.2) is 0 Å². The van der Waals surface area contributed by atoms with E-state index in [2.05, 4.69) is 61.5 Å². The van der Waals surface area contributed by atoms with Crippen LogP contribution >= 0.6 is 11.8 Å². The number of phenols is 1. The van der Waals surface area contributed by atoms with Crippen LogP contribution < -0.4 is 0 Å². The number of unbranched alkanes of at least 4 members (excludes halogenated alkanes) is 1. The van der Waals surface area contributed by atoms with E-state index in [4.69, 9.17) is 0 Å². The molecule has 0 saturated carbocycles. The van der Waals surface area contributed by atoms with Crippen molar-refractivity contribution in [3.8, 4) is 5.75 Å². The lowest BCUT2D eigenvalue weighted by molar-refractivity contribution is 0.420. The molecule has 2 heteroatoms. The summed E-state index contributed by atoms with van der Waals surface area (Å²) in [6, 6.07) is 2.21. The molecule has 1 aromatic rings. The maximum Gasteiger partial charge on any atom is 0.123 e. The summed E-state index contributed by atoms with van der Waals surface area (Å²) in [6.45, 7) is 17.4. The van der Waals surface area contributed by atoms with Gasteiger partial charge in [-0.1, -0.05) is 54.9 Å². The summed E-state index contributed by atoms with van der Waals surface area (Å²) in [5.74, 6) is 1.64. The van der Waals surface area contributed by atoms with Gasteiger partial charge in [0, 0.05) is 16.0 Å². The normalized spacial score (nSPS) is 12.8. The van der Waals surface area contributed by atoms with E-state index in [0.29, 0.717) is 5.75 Å². The molecule has 0 fully saturated rings. The number of aromatic hydroxyl groups is 1. The summed E-state index contributed by atoms with van der Waals surface area (Å²) in [6.07, 6.45) is 2.46. The van der Waals surface area contributed by atoms with Gasteiger partial charge in [-0.2, -0.15) is 0 Å².